The molecule has 19 heavy (non-hydrogen) atoms. The molecular weight excluding hydrogens is 246 g/mol. The SMILES string of the molecule is Cc1cc(C(=O)NC2(C(=O)O)CCC(C)CC2)co1. The first kappa shape index (κ1) is 13.6. The van der Waals surface area contributed by atoms with Gasteiger partial charge in [-0.15, -0.1) is 0 Å². The first-order valence-electron chi connectivity index (χ1n) is 6.54. The van der Waals surface area contributed by atoms with E-state index >= 15 is 0 Å². The number of aliphatic carboxylic acids is 1. The van der Waals surface area contributed by atoms with Crippen molar-refractivity contribution >= 4 is 11.9 Å². The third kappa shape index (κ3) is 2.80. The fourth-order valence-corrected chi connectivity index (χ4v) is 2.50. The van der Waals surface area contributed by atoms with Crippen LogP contribution in [0.3, 0.4) is 0 Å². The van der Waals surface area contributed by atoms with Gasteiger partial charge < -0.3 is 14.8 Å². The molecule has 0 aliphatic heterocycles. The van der Waals surface area contributed by atoms with Crippen molar-refractivity contribution < 1.29 is 19.1 Å². The highest BCUT2D eigenvalue weighted by atomic mass is 16.4. The Hall–Kier alpha value is -1.78. The van der Waals surface area contributed by atoms with Gasteiger partial charge >= 0.3 is 5.97 Å². The molecular formula is C14H19NO4. The highest BCUT2D eigenvalue weighted by molar-refractivity contribution is 5.97. The highest BCUT2D eigenvalue weighted by Crippen LogP contribution is 2.32. The number of aryl methyl sites for hydroxylation is 1. The third-order valence-electron chi connectivity index (χ3n) is 3.88. The van der Waals surface area contributed by atoms with Gasteiger partial charge in [0, 0.05) is 0 Å². The van der Waals surface area contributed by atoms with E-state index in [9.17, 15) is 14.7 Å². The summed E-state index contributed by atoms with van der Waals surface area (Å²) in [5.41, 5.74) is -0.758. The Morgan fingerprint density at radius 3 is 2.53 bits per heavy atom. The first-order chi connectivity index (χ1) is 8.93. The molecule has 0 spiro atoms. The van der Waals surface area contributed by atoms with Crippen LogP contribution in [0.5, 0.6) is 0 Å². The van der Waals surface area contributed by atoms with Crippen molar-refractivity contribution in [3.05, 3.63) is 23.7 Å². The second kappa shape index (κ2) is 5.07. The molecule has 1 aromatic rings. The Bertz CT molecular complexity index is 483. The van der Waals surface area contributed by atoms with E-state index in [1.54, 1.807) is 13.0 Å². The van der Waals surface area contributed by atoms with Gasteiger partial charge in [-0.25, -0.2) is 4.79 Å². The average molecular weight is 265 g/mol. The molecule has 1 heterocycles. The zero-order chi connectivity index (χ0) is 14.0. The van der Waals surface area contributed by atoms with Crippen LogP contribution >= 0.6 is 0 Å². The monoisotopic (exact) mass is 265 g/mol. The smallest absolute Gasteiger partial charge is 0.329 e. The van der Waals surface area contributed by atoms with Gasteiger partial charge in [-0.1, -0.05) is 6.92 Å². The Morgan fingerprint density at radius 1 is 1.42 bits per heavy atom. The lowest BCUT2D eigenvalue weighted by atomic mass is 9.77. The van der Waals surface area contributed by atoms with Gasteiger partial charge in [0.25, 0.3) is 5.91 Å². The Balaban J connectivity index is 2.13. The Morgan fingerprint density at radius 2 is 2.05 bits per heavy atom. The van der Waals surface area contributed by atoms with Crippen LogP contribution in [0.4, 0.5) is 0 Å². The summed E-state index contributed by atoms with van der Waals surface area (Å²) < 4.78 is 5.08. The van der Waals surface area contributed by atoms with E-state index in [-0.39, 0.29) is 5.91 Å². The predicted molar refractivity (Wildman–Crippen MR) is 68.9 cm³/mol. The van der Waals surface area contributed by atoms with Crippen molar-refractivity contribution in [1.29, 1.82) is 0 Å². The highest BCUT2D eigenvalue weighted by Gasteiger charge is 2.42. The number of carbonyl (C=O) groups excluding carboxylic acids is 1. The lowest BCUT2D eigenvalue weighted by Gasteiger charge is -2.36. The van der Waals surface area contributed by atoms with Crippen LogP contribution in [-0.4, -0.2) is 22.5 Å². The van der Waals surface area contributed by atoms with Gasteiger partial charge in [-0.05, 0) is 44.6 Å². The quantitative estimate of drug-likeness (QED) is 0.879. The number of carbonyl (C=O) groups is 2. The topological polar surface area (TPSA) is 79.5 Å². The molecule has 5 nitrogen and oxygen atoms in total. The Kier molecular flexibility index (Phi) is 3.64. The second-order valence-electron chi connectivity index (χ2n) is 5.47. The van der Waals surface area contributed by atoms with Gasteiger partial charge in [0.2, 0.25) is 0 Å². The molecule has 0 saturated heterocycles. The van der Waals surface area contributed by atoms with Crippen molar-refractivity contribution in [2.24, 2.45) is 5.92 Å². The van der Waals surface area contributed by atoms with E-state index in [0.717, 1.165) is 12.8 Å². The minimum absolute atomic E-state index is 0.372. The normalized spacial score (nSPS) is 26.9. The van der Waals surface area contributed by atoms with E-state index in [1.807, 2.05) is 0 Å². The average Bonchev–Trinajstić information content (AvgIpc) is 2.79. The molecule has 5 heteroatoms. The van der Waals surface area contributed by atoms with Crippen molar-refractivity contribution in [1.82, 2.24) is 5.32 Å². The van der Waals surface area contributed by atoms with Crippen LogP contribution in [0.2, 0.25) is 0 Å². The second-order valence-corrected chi connectivity index (χ2v) is 5.47. The van der Waals surface area contributed by atoms with Crippen LogP contribution in [0.15, 0.2) is 16.7 Å². The molecule has 0 unspecified atom stereocenters. The summed E-state index contributed by atoms with van der Waals surface area (Å²) in [4.78, 5) is 23.6. The Labute approximate surface area is 112 Å². The number of furan rings is 1. The maximum atomic E-state index is 12.1. The summed E-state index contributed by atoms with van der Waals surface area (Å²) >= 11 is 0. The number of carboxylic acids is 1. The number of hydrogen-bond acceptors (Lipinski definition) is 3. The number of nitrogens with one attached hydrogen (secondary N) is 1. The van der Waals surface area contributed by atoms with Gasteiger partial charge in [-0.3, -0.25) is 4.79 Å². The van der Waals surface area contributed by atoms with E-state index < -0.39 is 11.5 Å². The maximum absolute atomic E-state index is 12.1. The van der Waals surface area contributed by atoms with Crippen LogP contribution < -0.4 is 5.32 Å². The van der Waals surface area contributed by atoms with Crippen LogP contribution in [0.25, 0.3) is 0 Å². The van der Waals surface area contributed by atoms with Crippen LogP contribution in [-0.2, 0) is 4.79 Å². The molecule has 0 bridgehead atoms. The summed E-state index contributed by atoms with van der Waals surface area (Å²) in [6.45, 7) is 3.85. The van der Waals surface area contributed by atoms with E-state index in [0.29, 0.717) is 30.1 Å². The zero-order valence-electron chi connectivity index (χ0n) is 11.2. The lowest BCUT2D eigenvalue weighted by Crippen LogP contribution is -2.56. The third-order valence-corrected chi connectivity index (χ3v) is 3.88. The number of hydrogen-bond donors (Lipinski definition) is 2. The van der Waals surface area contributed by atoms with E-state index in [2.05, 4.69) is 12.2 Å². The van der Waals surface area contributed by atoms with E-state index in [4.69, 9.17) is 4.42 Å². The standard InChI is InChI=1S/C14H19NO4/c1-9-3-5-14(6-4-9,13(17)18)15-12(16)11-7-10(2)19-8-11/h7-9H,3-6H2,1-2H3,(H,15,16)(H,17,18). The fourth-order valence-electron chi connectivity index (χ4n) is 2.50. The molecule has 2 rings (SSSR count). The van der Waals surface area contributed by atoms with Gasteiger partial charge in [0.15, 0.2) is 0 Å². The number of carboxylic acid groups (broad SMARTS) is 1. The van der Waals surface area contributed by atoms with Crippen molar-refractivity contribution in [3.63, 3.8) is 0 Å². The van der Waals surface area contributed by atoms with E-state index in [1.165, 1.54) is 6.26 Å². The molecule has 0 atom stereocenters. The molecule has 1 aliphatic carbocycles. The van der Waals surface area contributed by atoms with Crippen LogP contribution in [0.1, 0.15) is 48.7 Å². The molecule has 0 aromatic carbocycles. The molecule has 104 valence electrons. The molecule has 2 N–H and O–H groups in total. The minimum atomic E-state index is -1.13. The summed E-state index contributed by atoms with van der Waals surface area (Å²) in [5, 5.41) is 12.1. The first-order valence-corrected chi connectivity index (χ1v) is 6.54. The predicted octanol–water partition coefficient (Wildman–Crippen LogP) is 2.35. The van der Waals surface area contributed by atoms with Gasteiger partial charge in [-0.2, -0.15) is 0 Å². The van der Waals surface area contributed by atoms with Gasteiger partial charge in [0.1, 0.15) is 17.6 Å². The lowest BCUT2D eigenvalue weighted by molar-refractivity contribution is -0.146. The minimum Gasteiger partial charge on any atom is -0.480 e. The van der Waals surface area contributed by atoms with Crippen molar-refractivity contribution in [2.45, 2.75) is 45.1 Å². The summed E-state index contributed by atoms with van der Waals surface area (Å²) in [6, 6.07) is 1.61. The van der Waals surface area contributed by atoms with Gasteiger partial charge in [0.05, 0.1) is 5.56 Å². The molecule has 1 fully saturated rings. The van der Waals surface area contributed by atoms with Crippen molar-refractivity contribution in [3.8, 4) is 0 Å². The number of amides is 1. The number of rotatable bonds is 3. The summed E-state index contributed by atoms with van der Waals surface area (Å²) in [6.07, 6.45) is 3.94. The summed E-state index contributed by atoms with van der Waals surface area (Å²) in [5.74, 6) is -0.186. The maximum Gasteiger partial charge on any atom is 0.329 e. The summed E-state index contributed by atoms with van der Waals surface area (Å²) in [7, 11) is 0. The molecule has 1 aliphatic rings. The van der Waals surface area contributed by atoms with Crippen LogP contribution in [0, 0.1) is 12.8 Å². The zero-order valence-corrected chi connectivity index (χ0v) is 11.2. The fraction of sp³-hybridized carbons (Fsp3) is 0.571. The molecule has 1 saturated carbocycles. The molecule has 1 amide bonds. The largest absolute Gasteiger partial charge is 0.480 e. The van der Waals surface area contributed by atoms with Crippen molar-refractivity contribution in [2.75, 3.05) is 0 Å². The molecule has 0 radical (unpaired) electrons. The molecule has 1 aromatic heterocycles.